The first-order valence-corrected chi connectivity index (χ1v) is 8.77. The molecule has 2 amide bonds. The van der Waals surface area contributed by atoms with Gasteiger partial charge in [0.05, 0.1) is 4.91 Å². The van der Waals surface area contributed by atoms with Gasteiger partial charge in [0.1, 0.15) is 16.6 Å². The van der Waals surface area contributed by atoms with E-state index in [2.05, 4.69) is 10.5 Å². The number of thioether (sulfide) groups is 1. The molecule has 0 atom stereocenters. The molecule has 1 aliphatic heterocycles. The third kappa shape index (κ3) is 4.09. The number of thiocarbonyl (C=S) groups is 1. The van der Waals surface area contributed by atoms with Gasteiger partial charge in [0.25, 0.3) is 5.91 Å². The number of anilines is 1. The highest BCUT2D eigenvalue weighted by Gasteiger charge is 2.33. The molecule has 0 radical (unpaired) electrons. The van der Waals surface area contributed by atoms with Crippen LogP contribution in [-0.2, 0) is 9.59 Å². The van der Waals surface area contributed by atoms with Gasteiger partial charge in [-0.2, -0.15) is 0 Å². The zero-order valence-corrected chi connectivity index (χ0v) is 15.4. The third-order valence-corrected chi connectivity index (χ3v) is 4.98. The molecule has 1 aromatic heterocycles. The van der Waals surface area contributed by atoms with Gasteiger partial charge in [-0.1, -0.05) is 58.9 Å². The Balaban J connectivity index is 1.71. The first kappa shape index (κ1) is 17.7. The molecule has 9 heteroatoms. The maximum atomic E-state index is 12.5. The monoisotopic (exact) mass is 393 g/mol. The lowest BCUT2D eigenvalue weighted by Gasteiger charge is -2.13. The van der Waals surface area contributed by atoms with Gasteiger partial charge in [-0.05, 0) is 24.6 Å². The van der Waals surface area contributed by atoms with Crippen LogP contribution in [0.2, 0.25) is 5.02 Å². The van der Waals surface area contributed by atoms with Crippen LogP contribution >= 0.6 is 35.6 Å². The number of nitrogens with one attached hydrogen (secondary N) is 1. The number of hydrogen-bond acceptors (Lipinski definition) is 6. The number of carbonyl (C=O) groups is 2. The number of aromatic nitrogens is 1. The number of nitrogens with zero attached hydrogens (tertiary/aromatic N) is 2. The van der Waals surface area contributed by atoms with E-state index < -0.39 is 5.91 Å². The van der Waals surface area contributed by atoms with Crippen LogP contribution < -0.4 is 5.32 Å². The molecule has 0 unspecified atom stereocenters. The summed E-state index contributed by atoms with van der Waals surface area (Å²) in [4.78, 5) is 26.3. The summed E-state index contributed by atoms with van der Waals surface area (Å²) < 4.78 is 5.19. The van der Waals surface area contributed by atoms with Gasteiger partial charge in [0.15, 0.2) is 5.82 Å². The van der Waals surface area contributed by atoms with Crippen molar-refractivity contribution in [3.05, 3.63) is 51.6 Å². The van der Waals surface area contributed by atoms with Gasteiger partial charge in [-0.15, -0.1) is 0 Å². The minimum absolute atomic E-state index is 0.198. The minimum Gasteiger partial charge on any atom is -0.360 e. The first-order chi connectivity index (χ1) is 11.9. The minimum atomic E-state index is -0.413. The van der Waals surface area contributed by atoms with E-state index in [-0.39, 0.29) is 12.5 Å². The molecule has 6 nitrogen and oxygen atoms in total. The van der Waals surface area contributed by atoms with Crippen molar-refractivity contribution < 1.29 is 14.1 Å². The Morgan fingerprint density at radius 1 is 1.48 bits per heavy atom. The second-order valence-corrected chi connectivity index (χ2v) is 7.24. The average Bonchev–Trinajstić information content (AvgIpc) is 3.08. The number of halogens is 1. The van der Waals surface area contributed by atoms with Gasteiger partial charge in [-0.25, -0.2) is 0 Å². The summed E-state index contributed by atoms with van der Waals surface area (Å²) in [5, 5.41) is 6.77. The molecule has 2 heterocycles. The van der Waals surface area contributed by atoms with Crippen molar-refractivity contribution in [3.8, 4) is 0 Å². The van der Waals surface area contributed by atoms with E-state index in [0.29, 0.717) is 31.4 Å². The fraction of sp³-hybridized carbons (Fsp3) is 0.125. The summed E-state index contributed by atoms with van der Waals surface area (Å²) in [5.74, 6) is 0.119. The average molecular weight is 394 g/mol. The lowest BCUT2D eigenvalue weighted by atomic mass is 10.2. The van der Waals surface area contributed by atoms with Crippen LogP contribution in [0.5, 0.6) is 0 Å². The van der Waals surface area contributed by atoms with Gasteiger partial charge in [0, 0.05) is 11.1 Å². The van der Waals surface area contributed by atoms with E-state index in [0.717, 1.165) is 11.8 Å². The molecule has 1 aliphatic rings. The van der Waals surface area contributed by atoms with Crippen LogP contribution in [0.1, 0.15) is 11.3 Å². The van der Waals surface area contributed by atoms with Gasteiger partial charge in [-0.3, -0.25) is 14.5 Å². The highest BCUT2D eigenvalue weighted by Crippen LogP contribution is 2.33. The number of rotatable bonds is 4. The van der Waals surface area contributed by atoms with Crippen molar-refractivity contribution in [2.75, 3.05) is 11.9 Å². The Bertz CT molecular complexity index is 894. The molecule has 1 saturated heterocycles. The van der Waals surface area contributed by atoms with Crippen molar-refractivity contribution in [2.24, 2.45) is 0 Å². The first-order valence-electron chi connectivity index (χ1n) is 7.17. The molecule has 0 aliphatic carbocycles. The molecule has 128 valence electrons. The normalized spacial score (nSPS) is 15.9. The smallest absolute Gasteiger partial charge is 0.266 e. The van der Waals surface area contributed by atoms with Crippen molar-refractivity contribution in [1.82, 2.24) is 10.1 Å². The lowest BCUT2D eigenvalue weighted by Crippen LogP contribution is -2.36. The van der Waals surface area contributed by atoms with Crippen LogP contribution in [0.25, 0.3) is 6.08 Å². The highest BCUT2D eigenvalue weighted by atomic mass is 35.5. The largest absolute Gasteiger partial charge is 0.360 e. The maximum absolute atomic E-state index is 12.5. The molecule has 0 bridgehead atoms. The third-order valence-electron chi connectivity index (χ3n) is 3.26. The molecule has 1 N–H and O–H groups in total. The predicted octanol–water partition coefficient (Wildman–Crippen LogP) is 3.48. The quantitative estimate of drug-likeness (QED) is 0.633. The summed E-state index contributed by atoms with van der Waals surface area (Å²) in [6.45, 7) is 1.51. The van der Waals surface area contributed by atoms with E-state index in [9.17, 15) is 9.59 Å². The summed E-state index contributed by atoms with van der Waals surface area (Å²) in [6.07, 6.45) is 1.67. The van der Waals surface area contributed by atoms with Gasteiger partial charge < -0.3 is 9.84 Å². The van der Waals surface area contributed by atoms with Crippen LogP contribution in [0, 0.1) is 6.92 Å². The number of carbonyl (C=O) groups excluding carboxylic acids is 2. The number of aryl methyl sites for hydroxylation is 1. The molecule has 0 saturated carbocycles. The topological polar surface area (TPSA) is 75.4 Å². The summed E-state index contributed by atoms with van der Waals surface area (Å²) >= 11 is 12.5. The molecule has 0 spiro atoms. The van der Waals surface area contributed by atoms with E-state index in [1.54, 1.807) is 37.3 Å². The fourth-order valence-electron chi connectivity index (χ4n) is 2.12. The summed E-state index contributed by atoms with van der Waals surface area (Å²) in [5.41, 5.74) is 0.715. The van der Waals surface area contributed by atoms with E-state index in [1.807, 2.05) is 6.07 Å². The molecule has 1 aromatic carbocycles. The summed E-state index contributed by atoms with van der Waals surface area (Å²) in [7, 11) is 0. The van der Waals surface area contributed by atoms with Crippen molar-refractivity contribution in [1.29, 1.82) is 0 Å². The van der Waals surface area contributed by atoms with E-state index in [1.165, 1.54) is 4.90 Å². The maximum Gasteiger partial charge on any atom is 0.266 e. The van der Waals surface area contributed by atoms with Crippen LogP contribution in [0.3, 0.4) is 0 Å². The zero-order chi connectivity index (χ0) is 18.0. The lowest BCUT2D eigenvalue weighted by molar-refractivity contribution is -0.126. The SMILES string of the molecule is Cc1cc(NC(=O)CN2C(=O)/C(=C/c3ccccc3Cl)SC2=S)no1. The van der Waals surface area contributed by atoms with Crippen LogP contribution in [0.4, 0.5) is 5.82 Å². The van der Waals surface area contributed by atoms with E-state index in [4.69, 9.17) is 28.3 Å². The number of hydrogen-bond donors (Lipinski definition) is 1. The number of amides is 2. The Morgan fingerprint density at radius 3 is 2.92 bits per heavy atom. The Labute approximate surface area is 158 Å². The second-order valence-electron chi connectivity index (χ2n) is 5.16. The van der Waals surface area contributed by atoms with Crippen molar-refractivity contribution in [3.63, 3.8) is 0 Å². The molecule has 3 rings (SSSR count). The molecular weight excluding hydrogens is 382 g/mol. The highest BCUT2D eigenvalue weighted by molar-refractivity contribution is 8.26. The number of benzene rings is 1. The van der Waals surface area contributed by atoms with Crippen LogP contribution in [-0.4, -0.2) is 32.7 Å². The Kier molecular flexibility index (Phi) is 5.22. The summed E-state index contributed by atoms with van der Waals surface area (Å²) in [6, 6.07) is 8.75. The molecule has 1 fully saturated rings. The Morgan fingerprint density at radius 2 is 2.24 bits per heavy atom. The molecule has 2 aromatic rings. The van der Waals surface area contributed by atoms with E-state index >= 15 is 0 Å². The zero-order valence-electron chi connectivity index (χ0n) is 13.0. The predicted molar refractivity (Wildman–Crippen MR) is 101 cm³/mol. The van der Waals surface area contributed by atoms with Crippen molar-refractivity contribution >= 4 is 63.6 Å². The Hall–Kier alpha value is -2.16. The second kappa shape index (κ2) is 7.38. The van der Waals surface area contributed by atoms with Crippen molar-refractivity contribution in [2.45, 2.75) is 6.92 Å². The van der Waals surface area contributed by atoms with Gasteiger partial charge >= 0.3 is 0 Å². The fourth-order valence-corrected chi connectivity index (χ4v) is 3.56. The van der Waals surface area contributed by atoms with Crippen LogP contribution in [0.15, 0.2) is 39.8 Å². The molecular formula is C16H12ClN3O3S2. The van der Waals surface area contributed by atoms with Gasteiger partial charge in [0.2, 0.25) is 5.91 Å². The standard InChI is InChI=1S/C16H12ClN3O3S2/c1-9-6-13(19-23-9)18-14(21)8-20-15(22)12(25-16(20)24)7-10-4-2-3-5-11(10)17/h2-7H,8H2,1H3,(H,18,19,21)/b12-7-. The molecule has 25 heavy (non-hydrogen) atoms.